The van der Waals surface area contributed by atoms with Gasteiger partial charge in [-0.3, -0.25) is 4.99 Å². The quantitative estimate of drug-likeness (QED) is 0.728. The van der Waals surface area contributed by atoms with Crippen LogP contribution in [0.2, 0.25) is 0 Å². The topological polar surface area (TPSA) is 54.6 Å². The average Bonchev–Trinajstić information content (AvgIpc) is 2.93. The molecule has 0 amide bonds. The Labute approximate surface area is 128 Å². The van der Waals surface area contributed by atoms with Gasteiger partial charge in [-0.05, 0) is 31.4 Å². The van der Waals surface area contributed by atoms with Crippen LogP contribution in [-0.4, -0.2) is 39.0 Å². The van der Waals surface area contributed by atoms with E-state index in [1.54, 1.807) is 19.2 Å². The summed E-state index contributed by atoms with van der Waals surface area (Å²) < 4.78 is 34.8. The lowest BCUT2D eigenvalue weighted by Gasteiger charge is -2.11. The summed E-state index contributed by atoms with van der Waals surface area (Å²) in [5, 5.41) is 9.25. The van der Waals surface area contributed by atoms with Crippen LogP contribution in [-0.2, 0) is 11.2 Å². The van der Waals surface area contributed by atoms with E-state index in [1.807, 2.05) is 0 Å². The number of fused-ring (bicyclic) bond motifs is 1. The number of nitrogens with zero attached hydrogens (tertiary/aromatic N) is 2. The van der Waals surface area contributed by atoms with Crippen LogP contribution in [0.15, 0.2) is 17.1 Å². The molecule has 0 heterocycles. The number of nitriles is 1. The molecule has 1 aromatic carbocycles. The maximum absolute atomic E-state index is 12.3. The molecule has 118 valence electrons. The minimum Gasteiger partial charge on any atom is -0.487 e. The molecule has 0 radical (unpaired) electrons. The van der Waals surface area contributed by atoms with Gasteiger partial charge in [0.1, 0.15) is 12.4 Å². The molecule has 0 saturated heterocycles. The molecule has 0 fully saturated rings. The van der Waals surface area contributed by atoms with E-state index >= 15 is 0 Å². The highest BCUT2D eigenvalue weighted by Gasteiger charge is 2.25. The molecule has 0 atom stereocenters. The van der Waals surface area contributed by atoms with E-state index in [0.717, 1.165) is 23.3 Å². The van der Waals surface area contributed by atoms with Crippen LogP contribution in [0.25, 0.3) is 0 Å². The summed E-state index contributed by atoms with van der Waals surface area (Å²) in [6.07, 6.45) is -0.355. The van der Waals surface area contributed by atoms with Crippen molar-refractivity contribution in [1.82, 2.24) is 0 Å². The summed E-state index contributed by atoms with van der Waals surface area (Å²) in [6.45, 7) is 0.612. The molecule has 22 heavy (non-hydrogen) atoms. The summed E-state index contributed by atoms with van der Waals surface area (Å²) in [5.74, 6) is 0.427. The minimum absolute atomic E-state index is 0.427. The van der Waals surface area contributed by atoms with Gasteiger partial charge in [-0.25, -0.2) is 8.78 Å². The van der Waals surface area contributed by atoms with Crippen LogP contribution in [0.3, 0.4) is 0 Å². The number of hydrogen-bond acceptors (Lipinski definition) is 4. The van der Waals surface area contributed by atoms with Gasteiger partial charge in [0.2, 0.25) is 0 Å². The fourth-order valence-corrected chi connectivity index (χ4v) is 2.54. The highest BCUT2D eigenvalue weighted by Crippen LogP contribution is 2.33. The van der Waals surface area contributed by atoms with E-state index in [1.165, 1.54) is 0 Å². The van der Waals surface area contributed by atoms with Crippen molar-refractivity contribution in [3.05, 3.63) is 28.8 Å². The fraction of sp³-hybridized carbons (Fsp3) is 0.500. The number of aliphatic imine (C=N–C) groups is 1. The van der Waals surface area contributed by atoms with Crippen molar-refractivity contribution >= 4 is 5.71 Å². The van der Waals surface area contributed by atoms with Crippen molar-refractivity contribution < 1.29 is 18.3 Å². The summed E-state index contributed by atoms with van der Waals surface area (Å²) in [5.41, 5.74) is 2.93. The molecular formula is C16H18F2N2O2. The Hall–Kier alpha value is -2.00. The maximum atomic E-state index is 12.3. The molecule has 0 spiro atoms. The van der Waals surface area contributed by atoms with Crippen molar-refractivity contribution in [2.45, 2.75) is 25.7 Å². The van der Waals surface area contributed by atoms with Crippen LogP contribution < -0.4 is 4.74 Å². The molecule has 0 saturated carbocycles. The number of ether oxygens (including phenoxy) is 2. The van der Waals surface area contributed by atoms with Gasteiger partial charge < -0.3 is 9.47 Å². The molecule has 1 aliphatic carbocycles. The first-order valence-electron chi connectivity index (χ1n) is 7.17. The lowest BCUT2D eigenvalue weighted by Crippen LogP contribution is -2.09. The van der Waals surface area contributed by atoms with Crippen molar-refractivity contribution in [3.63, 3.8) is 0 Å². The largest absolute Gasteiger partial charge is 0.487 e. The van der Waals surface area contributed by atoms with E-state index in [4.69, 9.17) is 9.47 Å². The molecule has 4 nitrogen and oxygen atoms in total. The summed E-state index contributed by atoms with van der Waals surface area (Å²) in [7, 11) is 1.64. The van der Waals surface area contributed by atoms with Gasteiger partial charge in [-0.2, -0.15) is 5.26 Å². The monoisotopic (exact) mass is 308 g/mol. The zero-order valence-electron chi connectivity index (χ0n) is 12.4. The Morgan fingerprint density at radius 3 is 2.86 bits per heavy atom. The average molecular weight is 308 g/mol. The van der Waals surface area contributed by atoms with Gasteiger partial charge in [0, 0.05) is 37.1 Å². The molecule has 1 aromatic rings. The Kier molecular flexibility index (Phi) is 5.84. The van der Waals surface area contributed by atoms with Crippen LogP contribution in [0, 0.1) is 11.3 Å². The van der Waals surface area contributed by atoms with Gasteiger partial charge in [0.15, 0.2) is 0 Å². The number of hydrogen-bond donors (Lipinski definition) is 0. The highest BCUT2D eigenvalue weighted by atomic mass is 19.3. The van der Waals surface area contributed by atoms with Crippen LogP contribution in [0.4, 0.5) is 8.78 Å². The second kappa shape index (κ2) is 7.85. The number of rotatable bonds is 7. The Morgan fingerprint density at radius 2 is 2.18 bits per heavy atom. The predicted molar refractivity (Wildman–Crippen MR) is 78.9 cm³/mol. The van der Waals surface area contributed by atoms with E-state index < -0.39 is 13.0 Å². The Balaban J connectivity index is 2.24. The molecule has 0 unspecified atom stereocenters. The second-order valence-corrected chi connectivity index (χ2v) is 4.95. The number of benzene rings is 1. The van der Waals surface area contributed by atoms with Crippen molar-refractivity contribution in [3.8, 4) is 11.8 Å². The smallest absolute Gasteiger partial charge is 0.272 e. The number of alkyl halides is 2. The van der Waals surface area contributed by atoms with Crippen LogP contribution in [0.1, 0.15) is 29.5 Å². The van der Waals surface area contributed by atoms with E-state index in [2.05, 4.69) is 11.1 Å². The van der Waals surface area contributed by atoms with Gasteiger partial charge in [-0.15, -0.1) is 0 Å². The zero-order chi connectivity index (χ0) is 15.9. The first-order chi connectivity index (χ1) is 10.7. The summed E-state index contributed by atoms with van der Waals surface area (Å²) in [4.78, 5) is 4.53. The second-order valence-electron chi connectivity index (χ2n) is 4.95. The summed E-state index contributed by atoms with van der Waals surface area (Å²) >= 11 is 0. The lowest BCUT2D eigenvalue weighted by atomic mass is 10.0. The van der Waals surface area contributed by atoms with Gasteiger partial charge >= 0.3 is 0 Å². The highest BCUT2D eigenvalue weighted by molar-refractivity contribution is 6.07. The van der Waals surface area contributed by atoms with E-state index in [0.29, 0.717) is 37.3 Å². The molecule has 0 aromatic heterocycles. The normalized spacial score (nSPS) is 15.1. The molecular weight excluding hydrogens is 290 g/mol. The molecule has 0 N–H and O–H groups in total. The third-order valence-corrected chi connectivity index (χ3v) is 3.46. The zero-order valence-corrected chi connectivity index (χ0v) is 12.4. The van der Waals surface area contributed by atoms with Crippen molar-refractivity contribution in [1.29, 1.82) is 5.26 Å². The van der Waals surface area contributed by atoms with E-state index in [-0.39, 0.29) is 0 Å². The first-order valence-corrected chi connectivity index (χ1v) is 7.17. The number of halogens is 2. The maximum Gasteiger partial charge on any atom is 0.272 e. The van der Waals surface area contributed by atoms with Gasteiger partial charge in [-0.1, -0.05) is 0 Å². The summed E-state index contributed by atoms with van der Waals surface area (Å²) in [6, 6.07) is 5.34. The first kappa shape index (κ1) is 16.4. The SMILES string of the molecule is COCCC/N=C1\CCc2c(OCC(F)F)ccc(C#N)c21. The van der Waals surface area contributed by atoms with Crippen molar-refractivity contribution in [2.75, 3.05) is 26.9 Å². The Bertz CT molecular complexity index is 595. The molecule has 1 aliphatic rings. The van der Waals surface area contributed by atoms with Gasteiger partial charge in [0.05, 0.1) is 11.6 Å². The minimum atomic E-state index is -2.52. The lowest BCUT2D eigenvalue weighted by molar-refractivity contribution is 0.0815. The number of methoxy groups -OCH3 is 1. The predicted octanol–water partition coefficient (Wildman–Crippen LogP) is 2.97. The molecule has 6 heteroatoms. The van der Waals surface area contributed by atoms with Crippen molar-refractivity contribution in [2.24, 2.45) is 4.99 Å². The van der Waals surface area contributed by atoms with E-state index in [9.17, 15) is 14.0 Å². The standard InChI is InChI=1S/C16H18F2N2O2/c1-21-8-2-7-20-13-5-4-12-14(22-10-15(17)18)6-3-11(9-19)16(12)13/h3,6,15H,2,4-5,7-8,10H2,1H3/b20-13+. The Morgan fingerprint density at radius 1 is 1.36 bits per heavy atom. The molecule has 2 rings (SSSR count). The molecule has 0 aliphatic heterocycles. The molecule has 0 bridgehead atoms. The van der Waals surface area contributed by atoms with Crippen LogP contribution >= 0.6 is 0 Å². The van der Waals surface area contributed by atoms with Crippen LogP contribution in [0.5, 0.6) is 5.75 Å². The van der Waals surface area contributed by atoms with Gasteiger partial charge in [0.25, 0.3) is 6.43 Å². The fourth-order valence-electron chi connectivity index (χ4n) is 2.54. The third kappa shape index (κ3) is 3.80. The third-order valence-electron chi connectivity index (χ3n) is 3.46.